The number of anilines is 1. The summed E-state index contributed by atoms with van der Waals surface area (Å²) in [5.41, 5.74) is 1.23. The molecule has 1 aliphatic heterocycles. The van der Waals surface area contributed by atoms with Gasteiger partial charge in [0.1, 0.15) is 0 Å². The molecule has 8 heteroatoms. The summed E-state index contributed by atoms with van der Waals surface area (Å²) in [5, 5.41) is 0. The highest BCUT2D eigenvalue weighted by Crippen LogP contribution is 2.21. The molecule has 0 bridgehead atoms. The molecule has 1 fully saturated rings. The average Bonchev–Trinajstić information content (AvgIpc) is 3.12. The molecule has 0 radical (unpaired) electrons. The number of fused-ring (bicyclic) bond motifs is 1. The molecular weight excluding hydrogens is 368 g/mol. The molecule has 0 spiro atoms. The predicted molar refractivity (Wildman–Crippen MR) is 115 cm³/mol. The van der Waals surface area contributed by atoms with E-state index in [1.807, 2.05) is 28.8 Å². The van der Waals surface area contributed by atoms with Gasteiger partial charge < -0.3 is 9.47 Å². The van der Waals surface area contributed by atoms with E-state index in [9.17, 15) is 9.59 Å². The molecule has 1 aromatic carbocycles. The maximum absolute atomic E-state index is 12.6. The molecule has 0 aliphatic carbocycles. The number of piperazine rings is 1. The third-order valence-electron chi connectivity index (χ3n) is 5.50. The number of aromatic amines is 1. The Hall–Kier alpha value is -3.13. The predicted octanol–water partition coefficient (Wildman–Crippen LogP) is 0.974. The molecule has 0 saturated carbocycles. The number of nitrogens with zero attached hydrogens (tertiary/aromatic N) is 5. The van der Waals surface area contributed by atoms with Crippen LogP contribution in [0.25, 0.3) is 11.2 Å². The van der Waals surface area contributed by atoms with Gasteiger partial charge in [-0.05, 0) is 12.0 Å². The summed E-state index contributed by atoms with van der Waals surface area (Å²) in [6, 6.07) is 10.2. The first-order chi connectivity index (χ1) is 14.1. The van der Waals surface area contributed by atoms with Crippen molar-refractivity contribution in [2.75, 3.05) is 37.6 Å². The lowest BCUT2D eigenvalue weighted by atomic mass is 10.1. The Kier molecular flexibility index (Phi) is 5.35. The molecule has 1 N–H and O–H groups in total. The van der Waals surface area contributed by atoms with Crippen LogP contribution in [-0.4, -0.2) is 56.7 Å². The number of hydrogen-bond donors (Lipinski definition) is 1. The smallest absolute Gasteiger partial charge is 0.329 e. The van der Waals surface area contributed by atoms with Crippen LogP contribution in [0.1, 0.15) is 5.56 Å². The number of aryl methyl sites for hydroxylation is 3. The van der Waals surface area contributed by atoms with E-state index in [1.54, 1.807) is 7.05 Å². The molecule has 3 heterocycles. The Morgan fingerprint density at radius 2 is 1.86 bits per heavy atom. The maximum Gasteiger partial charge on any atom is 0.329 e. The zero-order valence-corrected chi connectivity index (χ0v) is 16.7. The third kappa shape index (κ3) is 3.75. The minimum Gasteiger partial charge on any atom is -0.340 e. The fraction of sp³-hybridized carbons (Fsp3) is 0.381. The van der Waals surface area contributed by atoms with E-state index in [0.29, 0.717) is 17.7 Å². The van der Waals surface area contributed by atoms with Crippen molar-refractivity contribution in [1.29, 1.82) is 0 Å². The van der Waals surface area contributed by atoms with E-state index in [-0.39, 0.29) is 5.56 Å². The van der Waals surface area contributed by atoms with Crippen LogP contribution in [0.15, 0.2) is 52.6 Å². The summed E-state index contributed by atoms with van der Waals surface area (Å²) in [4.78, 5) is 36.4. The summed E-state index contributed by atoms with van der Waals surface area (Å²) in [5.74, 6) is 0.751. The molecule has 1 saturated heterocycles. The van der Waals surface area contributed by atoms with Gasteiger partial charge in [0.2, 0.25) is 5.95 Å². The van der Waals surface area contributed by atoms with Gasteiger partial charge in [-0.15, -0.1) is 6.58 Å². The Labute approximate surface area is 168 Å². The Bertz CT molecular complexity index is 1120. The molecule has 0 unspecified atom stereocenters. The first-order valence-electron chi connectivity index (χ1n) is 9.90. The lowest BCUT2D eigenvalue weighted by Crippen LogP contribution is -2.47. The summed E-state index contributed by atoms with van der Waals surface area (Å²) in [6.45, 7) is 8.74. The number of rotatable bonds is 6. The number of hydrogen-bond acceptors (Lipinski definition) is 5. The van der Waals surface area contributed by atoms with E-state index in [4.69, 9.17) is 4.98 Å². The van der Waals surface area contributed by atoms with Crippen molar-refractivity contribution in [2.45, 2.75) is 13.0 Å². The van der Waals surface area contributed by atoms with Crippen LogP contribution in [0, 0.1) is 0 Å². The van der Waals surface area contributed by atoms with Crippen molar-refractivity contribution in [1.82, 2.24) is 24.0 Å². The second-order valence-corrected chi connectivity index (χ2v) is 7.37. The highest BCUT2D eigenvalue weighted by Gasteiger charge is 2.24. The van der Waals surface area contributed by atoms with Gasteiger partial charge in [-0.2, -0.15) is 4.98 Å². The van der Waals surface area contributed by atoms with Gasteiger partial charge in [0.05, 0.1) is 0 Å². The van der Waals surface area contributed by atoms with Gasteiger partial charge in [-0.3, -0.25) is 19.2 Å². The second kappa shape index (κ2) is 8.08. The van der Waals surface area contributed by atoms with E-state index in [1.165, 1.54) is 10.1 Å². The van der Waals surface area contributed by atoms with Crippen LogP contribution in [-0.2, 0) is 20.0 Å². The molecule has 0 atom stereocenters. The highest BCUT2D eigenvalue weighted by molar-refractivity contribution is 5.74. The molecule has 29 heavy (non-hydrogen) atoms. The van der Waals surface area contributed by atoms with Crippen LogP contribution in [0.4, 0.5) is 5.95 Å². The fourth-order valence-electron chi connectivity index (χ4n) is 3.87. The molecule has 2 aromatic heterocycles. The number of H-pyrrole nitrogens is 1. The SMILES string of the molecule is C=CCN1CCN(c2nc3c(c(=O)[nH]c(=O)n3C)n2CCc2ccccc2)CC1. The second-order valence-electron chi connectivity index (χ2n) is 7.37. The van der Waals surface area contributed by atoms with Gasteiger partial charge in [-0.1, -0.05) is 36.4 Å². The zero-order chi connectivity index (χ0) is 20.4. The standard InChI is InChI=1S/C21H26N6O2/c1-3-10-25-12-14-26(15-13-25)20-22-18-17(19(28)23-21(29)24(18)2)27(20)11-9-16-7-5-4-6-8-16/h3-8H,1,9-15H2,2H3,(H,23,28,29). The summed E-state index contributed by atoms with van der Waals surface area (Å²) < 4.78 is 3.37. The molecule has 3 aromatic rings. The highest BCUT2D eigenvalue weighted by atomic mass is 16.2. The first kappa shape index (κ1) is 19.2. The number of nitrogens with one attached hydrogen (secondary N) is 1. The molecule has 152 valence electrons. The van der Waals surface area contributed by atoms with E-state index in [0.717, 1.165) is 45.1 Å². The monoisotopic (exact) mass is 394 g/mol. The Morgan fingerprint density at radius 1 is 1.14 bits per heavy atom. The molecule has 1 aliphatic rings. The summed E-state index contributed by atoms with van der Waals surface area (Å²) in [7, 11) is 1.64. The van der Waals surface area contributed by atoms with Crippen LogP contribution < -0.4 is 16.1 Å². The van der Waals surface area contributed by atoms with Crippen molar-refractivity contribution in [3.05, 3.63) is 69.4 Å². The minimum atomic E-state index is -0.447. The lowest BCUT2D eigenvalue weighted by molar-refractivity contribution is 0.282. The van der Waals surface area contributed by atoms with Crippen molar-refractivity contribution >= 4 is 17.1 Å². The molecule has 0 amide bonds. The zero-order valence-electron chi connectivity index (χ0n) is 16.7. The Morgan fingerprint density at radius 3 is 2.55 bits per heavy atom. The summed E-state index contributed by atoms with van der Waals surface area (Å²) in [6.07, 6.45) is 2.69. The Balaban J connectivity index is 1.73. The van der Waals surface area contributed by atoms with Crippen LogP contribution >= 0.6 is 0 Å². The number of imidazole rings is 1. The van der Waals surface area contributed by atoms with Crippen LogP contribution in [0.2, 0.25) is 0 Å². The normalized spacial score (nSPS) is 15.1. The van der Waals surface area contributed by atoms with E-state index in [2.05, 4.69) is 33.5 Å². The van der Waals surface area contributed by atoms with Crippen LogP contribution in [0.5, 0.6) is 0 Å². The van der Waals surface area contributed by atoms with E-state index >= 15 is 0 Å². The fourth-order valence-corrected chi connectivity index (χ4v) is 3.87. The lowest BCUT2D eigenvalue weighted by Gasteiger charge is -2.34. The van der Waals surface area contributed by atoms with Gasteiger partial charge >= 0.3 is 5.69 Å². The van der Waals surface area contributed by atoms with Gasteiger partial charge in [0.15, 0.2) is 11.2 Å². The number of aromatic nitrogens is 4. The molecule has 4 rings (SSSR count). The van der Waals surface area contributed by atoms with E-state index < -0.39 is 5.69 Å². The summed E-state index contributed by atoms with van der Waals surface area (Å²) >= 11 is 0. The van der Waals surface area contributed by atoms with Crippen molar-refractivity contribution < 1.29 is 0 Å². The molecule has 8 nitrogen and oxygen atoms in total. The minimum absolute atomic E-state index is 0.389. The largest absolute Gasteiger partial charge is 0.340 e. The average molecular weight is 394 g/mol. The van der Waals surface area contributed by atoms with Crippen molar-refractivity contribution in [3.63, 3.8) is 0 Å². The van der Waals surface area contributed by atoms with Crippen molar-refractivity contribution in [3.8, 4) is 0 Å². The topological polar surface area (TPSA) is 79.2 Å². The van der Waals surface area contributed by atoms with Gasteiger partial charge in [-0.25, -0.2) is 4.79 Å². The van der Waals surface area contributed by atoms with Gasteiger partial charge in [0.25, 0.3) is 5.56 Å². The molecular formula is C21H26N6O2. The third-order valence-corrected chi connectivity index (χ3v) is 5.50. The number of benzene rings is 1. The van der Waals surface area contributed by atoms with Crippen LogP contribution in [0.3, 0.4) is 0 Å². The maximum atomic E-state index is 12.6. The quantitative estimate of drug-likeness (QED) is 0.631. The van der Waals surface area contributed by atoms with Crippen molar-refractivity contribution in [2.24, 2.45) is 7.05 Å². The first-order valence-corrected chi connectivity index (χ1v) is 9.90. The van der Waals surface area contributed by atoms with Gasteiger partial charge in [0, 0.05) is 46.3 Å².